The number of hydrogen-bond acceptors (Lipinski definition) is 2. The molecule has 0 unspecified atom stereocenters. The summed E-state index contributed by atoms with van der Waals surface area (Å²) in [5.74, 6) is 0. The first-order valence-electron chi connectivity index (χ1n) is 6.16. The van der Waals surface area contributed by atoms with Crippen LogP contribution in [0, 0.1) is 0 Å². The molecular weight excluding hydrogens is 196 g/mol. The standard InChI is InChI=1S/C14H22N2/c1-5-14(15)9-8-10-6-7-11(13(2,3)4)16-12(10)14/h6-7H,5,8-9,15H2,1-4H3/t14-/m1/s1. The molecule has 0 fully saturated rings. The number of fused-ring (bicyclic) bond motifs is 1. The molecule has 0 bridgehead atoms. The van der Waals surface area contributed by atoms with E-state index in [0.717, 1.165) is 30.7 Å². The molecule has 2 nitrogen and oxygen atoms in total. The Morgan fingerprint density at radius 2 is 2.06 bits per heavy atom. The molecule has 1 aromatic heterocycles. The van der Waals surface area contributed by atoms with Crippen molar-refractivity contribution in [3.8, 4) is 0 Å². The van der Waals surface area contributed by atoms with Crippen LogP contribution in [0.5, 0.6) is 0 Å². The predicted octanol–water partition coefficient (Wildman–Crippen LogP) is 2.89. The van der Waals surface area contributed by atoms with Crippen LogP contribution in [0.1, 0.15) is 57.5 Å². The summed E-state index contributed by atoms with van der Waals surface area (Å²) in [5.41, 5.74) is 9.97. The van der Waals surface area contributed by atoms with Gasteiger partial charge in [0, 0.05) is 11.1 Å². The Bertz CT molecular complexity index is 404. The molecule has 0 amide bonds. The fraction of sp³-hybridized carbons (Fsp3) is 0.643. The zero-order valence-electron chi connectivity index (χ0n) is 10.8. The van der Waals surface area contributed by atoms with Crippen LogP contribution in [-0.2, 0) is 17.4 Å². The second-order valence-corrected chi connectivity index (χ2v) is 5.96. The van der Waals surface area contributed by atoms with Gasteiger partial charge < -0.3 is 5.73 Å². The summed E-state index contributed by atoms with van der Waals surface area (Å²) in [4.78, 5) is 4.82. The predicted molar refractivity (Wildman–Crippen MR) is 67.4 cm³/mol. The minimum Gasteiger partial charge on any atom is -0.320 e. The number of nitrogens with zero attached hydrogens (tertiary/aromatic N) is 1. The second kappa shape index (κ2) is 3.56. The van der Waals surface area contributed by atoms with Gasteiger partial charge in [-0.05, 0) is 30.9 Å². The van der Waals surface area contributed by atoms with E-state index >= 15 is 0 Å². The Hall–Kier alpha value is -0.890. The number of pyridine rings is 1. The van der Waals surface area contributed by atoms with E-state index in [1.54, 1.807) is 0 Å². The second-order valence-electron chi connectivity index (χ2n) is 5.96. The average Bonchev–Trinajstić information content (AvgIpc) is 2.56. The van der Waals surface area contributed by atoms with Crippen LogP contribution >= 0.6 is 0 Å². The fourth-order valence-corrected chi connectivity index (χ4v) is 2.36. The molecule has 88 valence electrons. The SMILES string of the molecule is CC[C@@]1(N)CCc2ccc(C(C)(C)C)nc21. The van der Waals surface area contributed by atoms with Gasteiger partial charge in [0.2, 0.25) is 0 Å². The molecule has 16 heavy (non-hydrogen) atoms. The van der Waals surface area contributed by atoms with Crippen molar-refractivity contribution in [2.24, 2.45) is 5.73 Å². The molecule has 0 radical (unpaired) electrons. The lowest BCUT2D eigenvalue weighted by atomic mass is 9.89. The zero-order chi connectivity index (χ0) is 12.0. The highest BCUT2D eigenvalue weighted by molar-refractivity contribution is 5.35. The highest BCUT2D eigenvalue weighted by atomic mass is 14.9. The number of aryl methyl sites for hydroxylation is 1. The molecule has 0 aliphatic heterocycles. The van der Waals surface area contributed by atoms with E-state index in [1.165, 1.54) is 5.56 Å². The maximum absolute atomic E-state index is 6.42. The first-order valence-corrected chi connectivity index (χ1v) is 6.16. The largest absolute Gasteiger partial charge is 0.320 e. The molecule has 0 aromatic carbocycles. The van der Waals surface area contributed by atoms with E-state index in [0.29, 0.717) is 0 Å². The van der Waals surface area contributed by atoms with Crippen molar-refractivity contribution in [2.75, 3.05) is 0 Å². The summed E-state index contributed by atoms with van der Waals surface area (Å²) in [6, 6.07) is 4.37. The molecule has 2 heteroatoms. The molecule has 1 aromatic rings. The van der Waals surface area contributed by atoms with E-state index in [9.17, 15) is 0 Å². The van der Waals surface area contributed by atoms with Crippen molar-refractivity contribution in [1.82, 2.24) is 4.98 Å². The van der Waals surface area contributed by atoms with Gasteiger partial charge in [0.15, 0.2) is 0 Å². The maximum Gasteiger partial charge on any atom is 0.0637 e. The molecule has 1 aliphatic carbocycles. The summed E-state index contributed by atoms with van der Waals surface area (Å²) in [6.07, 6.45) is 3.09. The fourth-order valence-electron chi connectivity index (χ4n) is 2.36. The number of rotatable bonds is 1. The third kappa shape index (κ3) is 1.75. The molecule has 1 atom stereocenters. The summed E-state index contributed by atoms with van der Waals surface area (Å²) >= 11 is 0. The number of hydrogen-bond donors (Lipinski definition) is 1. The molecule has 2 N–H and O–H groups in total. The van der Waals surface area contributed by atoms with Crippen LogP contribution < -0.4 is 5.73 Å². The Morgan fingerprint density at radius 3 is 2.62 bits per heavy atom. The van der Waals surface area contributed by atoms with Crippen LogP contribution in [0.15, 0.2) is 12.1 Å². The summed E-state index contributed by atoms with van der Waals surface area (Å²) in [7, 11) is 0. The van der Waals surface area contributed by atoms with Gasteiger partial charge in [-0.3, -0.25) is 4.98 Å². The Balaban J connectivity index is 2.50. The monoisotopic (exact) mass is 218 g/mol. The number of aromatic nitrogens is 1. The van der Waals surface area contributed by atoms with Gasteiger partial charge in [0.1, 0.15) is 0 Å². The lowest BCUT2D eigenvalue weighted by molar-refractivity contribution is 0.412. The van der Waals surface area contributed by atoms with Crippen LogP contribution in [0.25, 0.3) is 0 Å². The quantitative estimate of drug-likeness (QED) is 0.787. The van der Waals surface area contributed by atoms with Gasteiger partial charge >= 0.3 is 0 Å². The van der Waals surface area contributed by atoms with Crippen LogP contribution in [0.3, 0.4) is 0 Å². The Labute approximate surface area is 98.3 Å². The van der Waals surface area contributed by atoms with Gasteiger partial charge in [-0.25, -0.2) is 0 Å². The first-order chi connectivity index (χ1) is 7.37. The topological polar surface area (TPSA) is 38.9 Å². The highest BCUT2D eigenvalue weighted by Gasteiger charge is 2.35. The molecule has 0 saturated heterocycles. The van der Waals surface area contributed by atoms with E-state index < -0.39 is 0 Å². The molecule has 0 spiro atoms. The molecule has 2 rings (SSSR count). The smallest absolute Gasteiger partial charge is 0.0637 e. The van der Waals surface area contributed by atoms with Crippen molar-refractivity contribution in [1.29, 1.82) is 0 Å². The van der Waals surface area contributed by atoms with Crippen molar-refractivity contribution < 1.29 is 0 Å². The number of nitrogens with two attached hydrogens (primary N) is 1. The normalized spacial score (nSPS) is 24.6. The maximum atomic E-state index is 6.42. The first kappa shape index (κ1) is 11.6. The Morgan fingerprint density at radius 1 is 1.38 bits per heavy atom. The van der Waals surface area contributed by atoms with E-state index in [4.69, 9.17) is 10.7 Å². The third-order valence-corrected chi connectivity index (χ3v) is 3.69. The van der Waals surface area contributed by atoms with Crippen molar-refractivity contribution >= 4 is 0 Å². The van der Waals surface area contributed by atoms with Gasteiger partial charge in [-0.1, -0.05) is 33.8 Å². The van der Waals surface area contributed by atoms with Gasteiger partial charge in [0.05, 0.1) is 11.2 Å². The Kier molecular flexibility index (Phi) is 2.58. The van der Waals surface area contributed by atoms with E-state index in [1.807, 2.05) is 0 Å². The molecular formula is C14H22N2. The van der Waals surface area contributed by atoms with Crippen molar-refractivity contribution in [3.05, 3.63) is 29.1 Å². The van der Waals surface area contributed by atoms with Crippen molar-refractivity contribution in [3.63, 3.8) is 0 Å². The lowest BCUT2D eigenvalue weighted by Crippen LogP contribution is -2.34. The summed E-state index contributed by atoms with van der Waals surface area (Å²) in [5, 5.41) is 0. The van der Waals surface area contributed by atoms with E-state index in [2.05, 4.69) is 39.8 Å². The van der Waals surface area contributed by atoms with Gasteiger partial charge in [-0.15, -0.1) is 0 Å². The van der Waals surface area contributed by atoms with Crippen LogP contribution in [0.4, 0.5) is 0 Å². The van der Waals surface area contributed by atoms with Crippen molar-refractivity contribution in [2.45, 2.75) is 57.9 Å². The van der Waals surface area contributed by atoms with Crippen LogP contribution in [0.2, 0.25) is 0 Å². The molecule has 1 aliphatic rings. The highest BCUT2D eigenvalue weighted by Crippen LogP contribution is 2.37. The third-order valence-electron chi connectivity index (χ3n) is 3.69. The average molecular weight is 218 g/mol. The van der Waals surface area contributed by atoms with Gasteiger partial charge in [-0.2, -0.15) is 0 Å². The molecule has 1 heterocycles. The summed E-state index contributed by atoms with van der Waals surface area (Å²) < 4.78 is 0. The van der Waals surface area contributed by atoms with E-state index in [-0.39, 0.29) is 11.0 Å². The van der Waals surface area contributed by atoms with Gasteiger partial charge in [0.25, 0.3) is 0 Å². The minimum atomic E-state index is -0.184. The molecule has 0 saturated carbocycles. The minimum absolute atomic E-state index is 0.103. The lowest BCUT2D eigenvalue weighted by Gasteiger charge is -2.25. The van der Waals surface area contributed by atoms with Crippen LogP contribution in [-0.4, -0.2) is 4.98 Å². The summed E-state index contributed by atoms with van der Waals surface area (Å²) in [6.45, 7) is 8.74. The zero-order valence-corrected chi connectivity index (χ0v) is 10.8.